The van der Waals surface area contributed by atoms with Crippen molar-refractivity contribution in [2.75, 3.05) is 16.1 Å². The molecule has 0 saturated carbocycles. The number of rotatable bonds is 5. The van der Waals surface area contributed by atoms with Crippen LogP contribution in [-0.2, 0) is 16.0 Å². The monoisotopic (exact) mass is 528 g/mol. The summed E-state index contributed by atoms with van der Waals surface area (Å²) >= 11 is 18.2. The van der Waals surface area contributed by atoms with Gasteiger partial charge in [-0.05, 0) is 60.5 Å². The molecule has 35 heavy (non-hydrogen) atoms. The summed E-state index contributed by atoms with van der Waals surface area (Å²) in [7, 11) is 0. The van der Waals surface area contributed by atoms with Gasteiger partial charge in [-0.3, -0.25) is 19.8 Å². The summed E-state index contributed by atoms with van der Waals surface area (Å²) in [6, 6.07) is 18.5. The Labute approximate surface area is 215 Å². The summed E-state index contributed by atoms with van der Waals surface area (Å²) in [4.78, 5) is 38.4. The molecule has 3 N–H and O–H groups in total. The molecule has 0 atom stereocenters. The van der Waals surface area contributed by atoms with Crippen LogP contribution in [0.2, 0.25) is 15.1 Å². The van der Waals surface area contributed by atoms with E-state index in [0.717, 1.165) is 12.0 Å². The minimum absolute atomic E-state index is 0.101. The average Bonchev–Trinajstić information content (AvgIpc) is 3.19. The van der Waals surface area contributed by atoms with Crippen LogP contribution in [0.3, 0.4) is 0 Å². The highest BCUT2D eigenvalue weighted by atomic mass is 35.5. The fourth-order valence-corrected chi connectivity index (χ4v) is 3.95. The molecule has 0 spiro atoms. The number of aromatic nitrogens is 1. The van der Waals surface area contributed by atoms with E-state index < -0.39 is 17.7 Å². The molecule has 1 aromatic heterocycles. The highest BCUT2D eigenvalue weighted by molar-refractivity contribution is 6.46. The Hall–Kier alpha value is -3.52. The Morgan fingerprint density at radius 3 is 2.31 bits per heavy atom. The maximum absolute atomic E-state index is 13.1. The van der Waals surface area contributed by atoms with Crippen molar-refractivity contribution in [1.82, 2.24) is 4.68 Å². The maximum atomic E-state index is 13.1. The van der Waals surface area contributed by atoms with Gasteiger partial charge in [0.1, 0.15) is 5.69 Å². The first-order valence-corrected chi connectivity index (χ1v) is 11.7. The molecule has 0 aliphatic heterocycles. The van der Waals surface area contributed by atoms with Crippen molar-refractivity contribution in [3.63, 3.8) is 0 Å². The van der Waals surface area contributed by atoms with E-state index in [9.17, 15) is 14.4 Å². The Morgan fingerprint density at radius 1 is 0.857 bits per heavy atom. The predicted octanol–water partition coefficient (Wildman–Crippen LogP) is 6.13. The number of fused-ring (bicyclic) bond motifs is 1. The van der Waals surface area contributed by atoms with Crippen LogP contribution in [-0.4, -0.2) is 22.4 Å². The lowest BCUT2D eigenvalue weighted by atomic mass is 10.1. The summed E-state index contributed by atoms with van der Waals surface area (Å²) in [6.45, 7) is 2.04. The number of hydrogen-bond donors (Lipinski definition) is 3. The fraction of sp³-hybridized carbons (Fsp3) is 0.0800. The number of nitrogens with one attached hydrogen (secondary N) is 3. The number of halogens is 3. The third-order valence-corrected chi connectivity index (χ3v) is 6.29. The van der Waals surface area contributed by atoms with E-state index in [0.29, 0.717) is 21.6 Å². The SMILES string of the molecule is CCc1ccc(NC(=O)c2cc3cc(Cl)ccc3n2NC(=O)C(=O)Nc2cccc(Cl)c2Cl)cc1. The van der Waals surface area contributed by atoms with Crippen LogP contribution in [0.1, 0.15) is 23.0 Å². The normalized spacial score (nSPS) is 10.7. The van der Waals surface area contributed by atoms with E-state index in [1.807, 2.05) is 19.1 Å². The first kappa shape index (κ1) is 24.6. The number of aryl methyl sites for hydroxylation is 1. The van der Waals surface area contributed by atoms with Crippen LogP contribution in [0.25, 0.3) is 10.9 Å². The van der Waals surface area contributed by atoms with Crippen LogP contribution in [0, 0.1) is 0 Å². The standard InChI is InChI=1S/C25H19Cl3N4O3/c1-2-14-6-9-17(10-7-14)29-23(33)21-13-15-12-16(26)8-11-20(15)32(21)31-25(35)24(34)30-19-5-3-4-18(27)22(19)28/h3-13H,2H2,1H3,(H,29,33)(H,30,34)(H,31,35). The molecule has 10 heteroatoms. The molecule has 0 aliphatic carbocycles. The second-order valence-corrected chi connectivity index (χ2v) is 8.79. The fourth-order valence-electron chi connectivity index (χ4n) is 3.42. The van der Waals surface area contributed by atoms with Crippen molar-refractivity contribution < 1.29 is 14.4 Å². The summed E-state index contributed by atoms with van der Waals surface area (Å²) < 4.78 is 1.24. The Morgan fingerprint density at radius 2 is 1.60 bits per heavy atom. The van der Waals surface area contributed by atoms with E-state index in [4.69, 9.17) is 34.8 Å². The lowest BCUT2D eigenvalue weighted by molar-refractivity contribution is -0.133. The van der Waals surface area contributed by atoms with Crippen molar-refractivity contribution >= 4 is 74.8 Å². The molecule has 4 aromatic rings. The van der Waals surface area contributed by atoms with Crippen molar-refractivity contribution in [2.45, 2.75) is 13.3 Å². The molecule has 3 aromatic carbocycles. The second kappa shape index (κ2) is 10.4. The van der Waals surface area contributed by atoms with Gasteiger partial charge in [-0.25, -0.2) is 4.68 Å². The third kappa shape index (κ3) is 5.43. The molecule has 7 nitrogen and oxygen atoms in total. The minimum Gasteiger partial charge on any atom is -0.321 e. The smallest absolute Gasteiger partial charge is 0.321 e. The van der Waals surface area contributed by atoms with E-state index >= 15 is 0 Å². The summed E-state index contributed by atoms with van der Waals surface area (Å²) in [6.07, 6.45) is 0.873. The number of hydrogen-bond acceptors (Lipinski definition) is 3. The van der Waals surface area contributed by atoms with Gasteiger partial charge in [-0.1, -0.05) is 59.9 Å². The van der Waals surface area contributed by atoms with Crippen molar-refractivity contribution in [3.05, 3.63) is 93.1 Å². The largest absolute Gasteiger partial charge is 0.328 e. The number of benzene rings is 3. The molecule has 0 unspecified atom stereocenters. The van der Waals surface area contributed by atoms with Gasteiger partial charge in [0, 0.05) is 16.1 Å². The molecular formula is C25H19Cl3N4O3. The molecule has 4 rings (SSSR count). The summed E-state index contributed by atoms with van der Waals surface area (Å²) in [5, 5.41) is 6.61. The quantitative estimate of drug-likeness (QED) is 0.272. The van der Waals surface area contributed by atoms with E-state index in [1.165, 1.54) is 10.7 Å². The zero-order chi connectivity index (χ0) is 25.1. The first-order valence-electron chi connectivity index (χ1n) is 10.5. The molecule has 3 amide bonds. The highest BCUT2D eigenvalue weighted by Crippen LogP contribution is 2.29. The molecular weight excluding hydrogens is 511 g/mol. The summed E-state index contributed by atoms with van der Waals surface area (Å²) in [5.41, 5.74) is 4.95. The van der Waals surface area contributed by atoms with Crippen molar-refractivity contribution in [3.8, 4) is 0 Å². The zero-order valence-corrected chi connectivity index (χ0v) is 20.6. The van der Waals surface area contributed by atoms with E-state index in [2.05, 4.69) is 16.1 Å². The van der Waals surface area contributed by atoms with Gasteiger partial charge in [0.25, 0.3) is 5.91 Å². The molecule has 0 saturated heterocycles. The van der Waals surface area contributed by atoms with Crippen molar-refractivity contribution in [1.29, 1.82) is 0 Å². The Kier molecular flexibility index (Phi) is 7.31. The number of carbonyl (C=O) groups excluding carboxylic acids is 3. The lowest BCUT2D eigenvalue weighted by Gasteiger charge is -2.13. The van der Waals surface area contributed by atoms with Gasteiger partial charge in [0.05, 0.1) is 21.2 Å². The van der Waals surface area contributed by atoms with Crippen LogP contribution in [0.5, 0.6) is 0 Å². The zero-order valence-electron chi connectivity index (χ0n) is 18.4. The third-order valence-electron chi connectivity index (χ3n) is 5.24. The Balaban J connectivity index is 1.62. The van der Waals surface area contributed by atoms with Crippen molar-refractivity contribution in [2.24, 2.45) is 0 Å². The van der Waals surface area contributed by atoms with Gasteiger partial charge in [-0.2, -0.15) is 0 Å². The molecule has 1 heterocycles. The van der Waals surface area contributed by atoms with Crippen LogP contribution >= 0.6 is 34.8 Å². The van der Waals surface area contributed by atoms with Gasteiger partial charge in [0.2, 0.25) is 0 Å². The van der Waals surface area contributed by atoms with Gasteiger partial charge >= 0.3 is 11.8 Å². The van der Waals surface area contributed by atoms with Crippen LogP contribution < -0.4 is 16.1 Å². The highest BCUT2D eigenvalue weighted by Gasteiger charge is 2.22. The topological polar surface area (TPSA) is 92.2 Å². The number of nitrogens with zero attached hydrogens (tertiary/aromatic N) is 1. The second-order valence-electron chi connectivity index (χ2n) is 7.57. The van der Waals surface area contributed by atoms with Gasteiger partial charge in [-0.15, -0.1) is 0 Å². The summed E-state index contributed by atoms with van der Waals surface area (Å²) in [5.74, 6) is -2.50. The van der Waals surface area contributed by atoms with E-state index in [-0.39, 0.29) is 21.4 Å². The van der Waals surface area contributed by atoms with Gasteiger partial charge in [0.15, 0.2) is 0 Å². The molecule has 0 bridgehead atoms. The number of anilines is 2. The molecule has 178 valence electrons. The lowest BCUT2D eigenvalue weighted by Crippen LogP contribution is -2.36. The maximum Gasteiger partial charge on any atom is 0.328 e. The minimum atomic E-state index is -1.02. The number of amides is 3. The van der Waals surface area contributed by atoms with E-state index in [1.54, 1.807) is 48.5 Å². The van der Waals surface area contributed by atoms with Gasteiger partial charge < -0.3 is 10.6 Å². The average molecular weight is 530 g/mol. The Bertz CT molecular complexity index is 1450. The molecule has 0 fully saturated rings. The first-order chi connectivity index (χ1) is 16.8. The molecule has 0 radical (unpaired) electrons. The molecule has 0 aliphatic rings. The number of carbonyl (C=O) groups is 3. The predicted molar refractivity (Wildman–Crippen MR) is 140 cm³/mol. The van der Waals surface area contributed by atoms with Crippen LogP contribution in [0.4, 0.5) is 11.4 Å². The van der Waals surface area contributed by atoms with Crippen LogP contribution in [0.15, 0.2) is 66.7 Å².